The third-order valence-electron chi connectivity index (χ3n) is 4.45. The van der Waals surface area contributed by atoms with Gasteiger partial charge in [-0.25, -0.2) is 0 Å². The summed E-state index contributed by atoms with van der Waals surface area (Å²) in [6.45, 7) is 0.0286. The highest BCUT2D eigenvalue weighted by molar-refractivity contribution is 6.34. The number of rotatable bonds is 5. The number of amides is 1. The Morgan fingerprint density at radius 3 is 3.00 bits per heavy atom. The standard InChI is InChI=1S/C20H18ClN5O3/c1-22-19(28)17-14(21)8-5-9-15(17)29-11-13-10-16(27)26-20(23-13)24-18(25-26)12-6-3-2-4-7-12/h3,5-10H,2,4,11H2,1H3,(H,22,28)(H,23,24,25). The van der Waals surface area contributed by atoms with Gasteiger partial charge in [-0.15, -0.1) is 5.10 Å². The number of aromatic nitrogens is 4. The van der Waals surface area contributed by atoms with Gasteiger partial charge in [-0.3, -0.25) is 9.59 Å². The van der Waals surface area contributed by atoms with Crippen LogP contribution in [0.25, 0.3) is 11.4 Å². The first-order valence-electron chi connectivity index (χ1n) is 9.06. The van der Waals surface area contributed by atoms with E-state index < -0.39 is 0 Å². The Balaban J connectivity index is 1.62. The highest BCUT2D eigenvalue weighted by Gasteiger charge is 2.16. The molecule has 3 aromatic rings. The fourth-order valence-electron chi connectivity index (χ4n) is 3.04. The Bertz CT molecular complexity index is 1210. The maximum Gasteiger partial charge on any atom is 0.276 e. The zero-order chi connectivity index (χ0) is 20.4. The highest BCUT2D eigenvalue weighted by Crippen LogP contribution is 2.27. The van der Waals surface area contributed by atoms with Crippen LogP contribution in [0.2, 0.25) is 5.02 Å². The van der Waals surface area contributed by atoms with Crippen LogP contribution in [0.4, 0.5) is 0 Å². The van der Waals surface area contributed by atoms with Crippen molar-refractivity contribution in [2.45, 2.75) is 19.4 Å². The second-order valence-electron chi connectivity index (χ2n) is 6.42. The molecule has 1 aromatic carbocycles. The number of aromatic amines is 1. The zero-order valence-corrected chi connectivity index (χ0v) is 16.4. The number of nitrogens with zero attached hydrogens (tertiary/aromatic N) is 3. The number of hydrogen-bond acceptors (Lipinski definition) is 5. The van der Waals surface area contributed by atoms with Gasteiger partial charge in [0, 0.05) is 18.7 Å². The predicted molar refractivity (Wildman–Crippen MR) is 109 cm³/mol. The van der Waals surface area contributed by atoms with Gasteiger partial charge in [0.1, 0.15) is 12.4 Å². The number of hydrogen-bond donors (Lipinski definition) is 2. The first-order valence-corrected chi connectivity index (χ1v) is 9.44. The summed E-state index contributed by atoms with van der Waals surface area (Å²) in [5, 5.41) is 7.10. The SMILES string of the molecule is CNC(=O)c1c(Cl)cccc1OCc1cc(=O)n2nc(C3=CCCC=C3)nc2[nH]1. The minimum absolute atomic E-state index is 0.0286. The fraction of sp³-hybridized carbons (Fsp3) is 0.200. The van der Waals surface area contributed by atoms with Crippen molar-refractivity contribution in [3.8, 4) is 5.75 Å². The maximum atomic E-state index is 12.4. The summed E-state index contributed by atoms with van der Waals surface area (Å²) in [6.07, 6.45) is 7.95. The molecule has 0 aliphatic heterocycles. The molecule has 2 heterocycles. The molecule has 1 aliphatic carbocycles. The largest absolute Gasteiger partial charge is 0.486 e. The molecule has 0 saturated carbocycles. The number of carbonyl (C=O) groups excluding carboxylic acids is 1. The highest BCUT2D eigenvalue weighted by atomic mass is 35.5. The van der Waals surface area contributed by atoms with Gasteiger partial charge in [0.25, 0.3) is 11.5 Å². The van der Waals surface area contributed by atoms with Crippen LogP contribution in [0.1, 0.15) is 34.7 Å². The van der Waals surface area contributed by atoms with Crippen molar-refractivity contribution in [1.29, 1.82) is 0 Å². The lowest BCUT2D eigenvalue weighted by molar-refractivity contribution is 0.0958. The van der Waals surface area contributed by atoms with E-state index in [0.717, 1.165) is 18.4 Å². The molecule has 0 fully saturated rings. The van der Waals surface area contributed by atoms with Crippen LogP contribution in [-0.4, -0.2) is 32.5 Å². The first-order chi connectivity index (χ1) is 14.1. The van der Waals surface area contributed by atoms with E-state index in [1.807, 2.05) is 12.2 Å². The van der Waals surface area contributed by atoms with Gasteiger partial charge in [0.15, 0.2) is 5.82 Å². The summed E-state index contributed by atoms with van der Waals surface area (Å²) < 4.78 is 6.98. The molecule has 29 heavy (non-hydrogen) atoms. The van der Waals surface area contributed by atoms with Crippen LogP contribution in [0, 0.1) is 0 Å². The van der Waals surface area contributed by atoms with E-state index in [2.05, 4.69) is 26.5 Å². The van der Waals surface area contributed by atoms with Crippen molar-refractivity contribution in [3.63, 3.8) is 0 Å². The molecule has 0 radical (unpaired) electrons. The number of H-pyrrole nitrogens is 1. The average Bonchev–Trinajstić information content (AvgIpc) is 3.17. The lowest BCUT2D eigenvalue weighted by Crippen LogP contribution is -2.20. The van der Waals surface area contributed by atoms with Crippen molar-refractivity contribution in [2.24, 2.45) is 0 Å². The second kappa shape index (κ2) is 7.92. The van der Waals surface area contributed by atoms with Crippen LogP contribution < -0.4 is 15.6 Å². The van der Waals surface area contributed by atoms with Gasteiger partial charge in [0.2, 0.25) is 5.78 Å². The third kappa shape index (κ3) is 3.79. The number of allylic oxidation sites excluding steroid dienone is 4. The molecular weight excluding hydrogens is 394 g/mol. The quantitative estimate of drug-likeness (QED) is 0.672. The van der Waals surface area contributed by atoms with Crippen LogP contribution in [0.15, 0.2) is 47.3 Å². The van der Waals surface area contributed by atoms with Gasteiger partial charge in [-0.05, 0) is 25.0 Å². The van der Waals surface area contributed by atoms with Crippen molar-refractivity contribution in [1.82, 2.24) is 24.9 Å². The van der Waals surface area contributed by atoms with Crippen LogP contribution in [0.5, 0.6) is 5.75 Å². The molecule has 0 spiro atoms. The smallest absolute Gasteiger partial charge is 0.276 e. The Morgan fingerprint density at radius 1 is 1.38 bits per heavy atom. The minimum Gasteiger partial charge on any atom is -0.486 e. The second-order valence-corrected chi connectivity index (χ2v) is 6.83. The van der Waals surface area contributed by atoms with E-state index in [1.165, 1.54) is 17.6 Å². The predicted octanol–water partition coefficient (Wildman–Crippen LogP) is 2.74. The van der Waals surface area contributed by atoms with Gasteiger partial charge in [-0.1, -0.05) is 35.9 Å². The average molecular weight is 412 g/mol. The molecule has 148 valence electrons. The molecule has 2 N–H and O–H groups in total. The van der Waals surface area contributed by atoms with Gasteiger partial charge < -0.3 is 15.0 Å². The summed E-state index contributed by atoms with van der Waals surface area (Å²) in [4.78, 5) is 32.0. The number of fused-ring (bicyclic) bond motifs is 1. The van der Waals surface area contributed by atoms with E-state index >= 15 is 0 Å². The van der Waals surface area contributed by atoms with Gasteiger partial charge in [-0.2, -0.15) is 9.50 Å². The van der Waals surface area contributed by atoms with Crippen molar-refractivity contribution in [3.05, 3.63) is 75.0 Å². The summed E-state index contributed by atoms with van der Waals surface area (Å²) in [6, 6.07) is 6.33. The first kappa shape index (κ1) is 18.9. The molecule has 2 aromatic heterocycles. The topological polar surface area (TPSA) is 101 Å². The lowest BCUT2D eigenvalue weighted by atomic mass is 10.1. The summed E-state index contributed by atoms with van der Waals surface area (Å²) in [7, 11) is 1.51. The summed E-state index contributed by atoms with van der Waals surface area (Å²) >= 11 is 6.13. The molecule has 4 rings (SSSR count). The molecule has 9 heteroatoms. The van der Waals surface area contributed by atoms with Crippen LogP contribution in [0.3, 0.4) is 0 Å². The minimum atomic E-state index is -0.356. The zero-order valence-electron chi connectivity index (χ0n) is 15.6. The molecule has 8 nitrogen and oxygen atoms in total. The monoisotopic (exact) mass is 411 g/mol. The molecule has 0 unspecified atom stereocenters. The van der Waals surface area contributed by atoms with Crippen molar-refractivity contribution in [2.75, 3.05) is 7.05 Å². The molecule has 1 aliphatic rings. The number of halogens is 1. The number of carbonyl (C=O) groups is 1. The molecule has 1 amide bonds. The number of ether oxygens (including phenoxy) is 1. The van der Waals surface area contributed by atoms with E-state index in [-0.39, 0.29) is 28.7 Å². The molecule has 0 atom stereocenters. The van der Waals surface area contributed by atoms with Gasteiger partial charge >= 0.3 is 0 Å². The van der Waals surface area contributed by atoms with Crippen LogP contribution >= 0.6 is 11.6 Å². The van der Waals surface area contributed by atoms with Gasteiger partial charge in [0.05, 0.1) is 16.3 Å². The molecule has 0 bridgehead atoms. The number of nitrogens with one attached hydrogen (secondary N) is 2. The number of benzene rings is 1. The Kier molecular flexibility index (Phi) is 5.18. The van der Waals surface area contributed by atoms with E-state index in [9.17, 15) is 9.59 Å². The Hall–Kier alpha value is -3.39. The Morgan fingerprint density at radius 2 is 2.24 bits per heavy atom. The van der Waals surface area contributed by atoms with E-state index in [1.54, 1.807) is 18.2 Å². The normalized spacial score (nSPS) is 13.4. The summed E-state index contributed by atoms with van der Waals surface area (Å²) in [5.74, 6) is 0.774. The van der Waals surface area contributed by atoms with Crippen molar-refractivity contribution < 1.29 is 9.53 Å². The Labute approximate surface area is 170 Å². The van der Waals surface area contributed by atoms with Crippen LogP contribution in [-0.2, 0) is 6.61 Å². The molecular formula is C20H18ClN5O3. The fourth-order valence-corrected chi connectivity index (χ4v) is 3.29. The molecule has 0 saturated heterocycles. The maximum absolute atomic E-state index is 12.4. The third-order valence-corrected chi connectivity index (χ3v) is 4.77. The lowest BCUT2D eigenvalue weighted by Gasteiger charge is -2.12. The summed E-state index contributed by atoms with van der Waals surface area (Å²) in [5.41, 5.74) is 1.30. The van der Waals surface area contributed by atoms with Crippen molar-refractivity contribution >= 4 is 28.9 Å². The van der Waals surface area contributed by atoms with E-state index in [4.69, 9.17) is 16.3 Å². The van der Waals surface area contributed by atoms with E-state index in [0.29, 0.717) is 23.0 Å².